The van der Waals surface area contributed by atoms with E-state index in [1.54, 1.807) is 16.0 Å². The molecule has 1 saturated heterocycles. The van der Waals surface area contributed by atoms with Gasteiger partial charge in [0.05, 0.1) is 28.9 Å². The van der Waals surface area contributed by atoms with Crippen LogP contribution in [-0.2, 0) is 18.3 Å². The van der Waals surface area contributed by atoms with Gasteiger partial charge in [0.1, 0.15) is 0 Å². The largest absolute Gasteiger partial charge is 0.334 e. The van der Waals surface area contributed by atoms with Gasteiger partial charge in [-0.1, -0.05) is 0 Å². The van der Waals surface area contributed by atoms with E-state index in [0.29, 0.717) is 6.42 Å². The number of hydrogen-bond donors (Lipinski definition) is 0. The Labute approximate surface area is 128 Å². The highest BCUT2D eigenvalue weighted by Crippen LogP contribution is 2.30. The molecule has 0 N–H and O–H groups in total. The van der Waals surface area contributed by atoms with Gasteiger partial charge in [0.25, 0.3) is 0 Å². The average molecular weight is 304 g/mol. The molecule has 5 nitrogen and oxygen atoms in total. The zero-order valence-electron chi connectivity index (χ0n) is 12.5. The minimum atomic E-state index is 0.118. The minimum Gasteiger partial charge on any atom is -0.334 e. The minimum absolute atomic E-state index is 0.118. The summed E-state index contributed by atoms with van der Waals surface area (Å²) in [4.78, 5) is 19.0. The monoisotopic (exact) mass is 304 g/mol. The van der Waals surface area contributed by atoms with Gasteiger partial charge in [-0.25, -0.2) is 4.98 Å². The molecule has 0 bridgehead atoms. The summed E-state index contributed by atoms with van der Waals surface area (Å²) in [6.45, 7) is 2.79. The van der Waals surface area contributed by atoms with Crippen molar-refractivity contribution in [2.75, 3.05) is 6.54 Å². The maximum absolute atomic E-state index is 12.6. The predicted octanol–water partition coefficient (Wildman–Crippen LogP) is 2.48. The van der Waals surface area contributed by atoms with Crippen molar-refractivity contribution >= 4 is 17.2 Å². The van der Waals surface area contributed by atoms with Crippen molar-refractivity contribution < 1.29 is 4.79 Å². The van der Waals surface area contributed by atoms with Crippen LogP contribution in [0.2, 0.25) is 0 Å². The molecule has 2 aromatic heterocycles. The summed E-state index contributed by atoms with van der Waals surface area (Å²) in [6.07, 6.45) is 5.56. The summed E-state index contributed by atoms with van der Waals surface area (Å²) in [6, 6.07) is 2.13. The van der Waals surface area contributed by atoms with Gasteiger partial charge in [-0.05, 0) is 32.3 Å². The third kappa shape index (κ3) is 3.15. The van der Waals surface area contributed by atoms with Gasteiger partial charge in [0.15, 0.2) is 0 Å². The van der Waals surface area contributed by atoms with Crippen LogP contribution in [0, 0.1) is 6.92 Å². The number of carbonyl (C=O) groups is 1. The molecule has 1 atom stereocenters. The van der Waals surface area contributed by atoms with Crippen LogP contribution in [0.25, 0.3) is 0 Å². The fourth-order valence-electron chi connectivity index (χ4n) is 2.89. The number of hydrogen-bond acceptors (Lipinski definition) is 4. The SMILES string of the molecule is Cc1nc(CC(=O)N2CCCC[C@H]2c2ccn(C)n2)cs1. The smallest absolute Gasteiger partial charge is 0.229 e. The molecule has 2 aromatic rings. The van der Waals surface area contributed by atoms with Gasteiger partial charge in [-0.2, -0.15) is 5.10 Å². The lowest BCUT2D eigenvalue weighted by atomic mass is 9.99. The molecule has 112 valence electrons. The lowest BCUT2D eigenvalue weighted by Gasteiger charge is -2.34. The van der Waals surface area contributed by atoms with Crippen molar-refractivity contribution in [2.45, 2.75) is 38.6 Å². The molecule has 0 saturated carbocycles. The van der Waals surface area contributed by atoms with Crippen LogP contribution in [0.1, 0.15) is 41.7 Å². The van der Waals surface area contributed by atoms with Gasteiger partial charge in [0.2, 0.25) is 5.91 Å². The summed E-state index contributed by atoms with van der Waals surface area (Å²) in [5.41, 5.74) is 1.88. The average Bonchev–Trinajstić information content (AvgIpc) is 3.07. The Bertz CT molecular complexity index is 633. The van der Waals surface area contributed by atoms with E-state index in [-0.39, 0.29) is 11.9 Å². The summed E-state index contributed by atoms with van der Waals surface area (Å²) < 4.78 is 1.80. The number of aryl methyl sites for hydroxylation is 2. The molecule has 1 fully saturated rings. The van der Waals surface area contributed by atoms with Gasteiger partial charge < -0.3 is 4.90 Å². The van der Waals surface area contributed by atoms with E-state index in [4.69, 9.17) is 0 Å². The van der Waals surface area contributed by atoms with Crippen LogP contribution < -0.4 is 0 Å². The number of amides is 1. The van der Waals surface area contributed by atoms with Gasteiger partial charge in [-0.15, -0.1) is 11.3 Å². The third-order valence-electron chi connectivity index (χ3n) is 3.90. The van der Waals surface area contributed by atoms with Crippen molar-refractivity contribution in [3.63, 3.8) is 0 Å². The number of piperidine rings is 1. The molecule has 1 amide bonds. The van der Waals surface area contributed by atoms with Crippen LogP contribution in [0.3, 0.4) is 0 Å². The van der Waals surface area contributed by atoms with Gasteiger partial charge in [-0.3, -0.25) is 9.48 Å². The third-order valence-corrected chi connectivity index (χ3v) is 4.72. The molecular weight excluding hydrogens is 284 g/mol. The number of rotatable bonds is 3. The number of likely N-dealkylation sites (tertiary alicyclic amines) is 1. The number of aromatic nitrogens is 3. The van der Waals surface area contributed by atoms with Crippen LogP contribution in [0.5, 0.6) is 0 Å². The summed E-state index contributed by atoms with van der Waals surface area (Å²) in [7, 11) is 1.91. The van der Waals surface area contributed by atoms with E-state index in [2.05, 4.69) is 10.1 Å². The van der Waals surface area contributed by atoms with Crippen LogP contribution in [0.4, 0.5) is 0 Å². The Morgan fingerprint density at radius 2 is 2.33 bits per heavy atom. The Hall–Kier alpha value is -1.69. The predicted molar refractivity (Wildman–Crippen MR) is 82.1 cm³/mol. The summed E-state index contributed by atoms with van der Waals surface area (Å²) in [5, 5.41) is 7.48. The number of nitrogens with zero attached hydrogens (tertiary/aromatic N) is 4. The second-order valence-corrected chi connectivity index (χ2v) is 6.61. The van der Waals surface area contributed by atoms with E-state index >= 15 is 0 Å². The summed E-state index contributed by atoms with van der Waals surface area (Å²) in [5.74, 6) is 0.163. The maximum atomic E-state index is 12.6. The first-order valence-electron chi connectivity index (χ1n) is 7.33. The maximum Gasteiger partial charge on any atom is 0.229 e. The zero-order chi connectivity index (χ0) is 14.8. The van der Waals surface area contributed by atoms with E-state index < -0.39 is 0 Å². The Balaban J connectivity index is 1.75. The first-order valence-corrected chi connectivity index (χ1v) is 8.21. The standard InChI is InChI=1S/C15H20N4OS/c1-11-16-12(10-21-11)9-15(20)19-7-4-3-5-14(19)13-6-8-18(2)17-13/h6,8,10,14H,3-5,7,9H2,1-2H3/t14-/m0/s1. The van der Waals surface area contributed by atoms with Crippen molar-refractivity contribution in [3.8, 4) is 0 Å². The molecule has 21 heavy (non-hydrogen) atoms. The molecule has 0 aliphatic carbocycles. The van der Waals surface area contributed by atoms with Crippen molar-refractivity contribution in [1.82, 2.24) is 19.7 Å². The second-order valence-electron chi connectivity index (χ2n) is 5.55. The van der Waals surface area contributed by atoms with Crippen LogP contribution in [0.15, 0.2) is 17.6 Å². The van der Waals surface area contributed by atoms with Crippen LogP contribution in [-0.4, -0.2) is 32.1 Å². The number of carbonyl (C=O) groups excluding carboxylic acids is 1. The molecule has 3 heterocycles. The fourth-order valence-corrected chi connectivity index (χ4v) is 3.51. The molecule has 6 heteroatoms. The topological polar surface area (TPSA) is 51.0 Å². The normalized spacial score (nSPS) is 19.0. The zero-order valence-corrected chi connectivity index (χ0v) is 13.3. The molecular formula is C15H20N4OS. The Morgan fingerprint density at radius 3 is 3.00 bits per heavy atom. The van der Waals surface area contributed by atoms with Crippen molar-refractivity contribution in [2.24, 2.45) is 7.05 Å². The highest BCUT2D eigenvalue weighted by molar-refractivity contribution is 7.09. The molecule has 0 unspecified atom stereocenters. The molecule has 1 aliphatic rings. The molecule has 0 aromatic carbocycles. The van der Waals surface area contributed by atoms with Gasteiger partial charge in [0, 0.05) is 25.2 Å². The van der Waals surface area contributed by atoms with E-state index in [1.807, 2.05) is 36.5 Å². The van der Waals surface area contributed by atoms with Crippen molar-refractivity contribution in [1.29, 1.82) is 0 Å². The highest BCUT2D eigenvalue weighted by atomic mass is 32.1. The Morgan fingerprint density at radius 1 is 1.48 bits per heavy atom. The summed E-state index contributed by atoms with van der Waals surface area (Å²) >= 11 is 1.60. The first-order chi connectivity index (χ1) is 10.1. The number of thiazole rings is 1. The fraction of sp³-hybridized carbons (Fsp3) is 0.533. The van der Waals surface area contributed by atoms with Crippen LogP contribution >= 0.6 is 11.3 Å². The van der Waals surface area contributed by atoms with E-state index in [9.17, 15) is 4.79 Å². The quantitative estimate of drug-likeness (QED) is 0.875. The van der Waals surface area contributed by atoms with Gasteiger partial charge >= 0.3 is 0 Å². The molecule has 0 spiro atoms. The lowest BCUT2D eigenvalue weighted by molar-refractivity contribution is -0.134. The lowest BCUT2D eigenvalue weighted by Crippen LogP contribution is -2.39. The molecule has 3 rings (SSSR count). The van der Waals surface area contributed by atoms with E-state index in [1.165, 1.54) is 0 Å². The molecule has 1 aliphatic heterocycles. The molecule has 0 radical (unpaired) electrons. The highest BCUT2D eigenvalue weighted by Gasteiger charge is 2.29. The van der Waals surface area contributed by atoms with Crippen molar-refractivity contribution in [3.05, 3.63) is 34.0 Å². The first kappa shape index (κ1) is 14.3. The second kappa shape index (κ2) is 5.97. The Kier molecular flexibility index (Phi) is 4.05. The van der Waals surface area contributed by atoms with E-state index in [0.717, 1.165) is 42.2 Å².